The van der Waals surface area contributed by atoms with Gasteiger partial charge in [-0.25, -0.2) is 14.4 Å². The van der Waals surface area contributed by atoms with Crippen molar-refractivity contribution in [3.63, 3.8) is 0 Å². The highest BCUT2D eigenvalue weighted by Crippen LogP contribution is 2.28. The standard InChI is InChI=1S/C24H18FN3O2/c25-19-13-11-16(12-14-19)20-15-26-23(28-24(30)18-9-5-2-6-10-18)21(27-20)22(29)17-7-3-1-4-8-17/h1-15,22,29H,(H,26,28,30). The molecule has 5 nitrogen and oxygen atoms in total. The maximum atomic E-state index is 13.3. The Hall–Kier alpha value is -3.90. The maximum Gasteiger partial charge on any atom is 0.256 e. The fraction of sp³-hybridized carbons (Fsp3) is 0.0417. The zero-order valence-electron chi connectivity index (χ0n) is 15.9. The molecular weight excluding hydrogens is 381 g/mol. The third-order valence-corrected chi connectivity index (χ3v) is 4.58. The Morgan fingerprint density at radius 2 is 1.53 bits per heavy atom. The molecule has 148 valence electrons. The Morgan fingerprint density at radius 1 is 0.900 bits per heavy atom. The molecule has 6 heteroatoms. The van der Waals surface area contributed by atoms with Gasteiger partial charge in [-0.05, 0) is 42.0 Å². The van der Waals surface area contributed by atoms with Gasteiger partial charge < -0.3 is 10.4 Å². The Labute approximate surface area is 172 Å². The molecule has 2 N–H and O–H groups in total. The van der Waals surface area contributed by atoms with Crippen LogP contribution in [0.4, 0.5) is 10.2 Å². The van der Waals surface area contributed by atoms with Gasteiger partial charge in [0.2, 0.25) is 0 Å². The van der Waals surface area contributed by atoms with Crippen LogP contribution in [-0.2, 0) is 0 Å². The van der Waals surface area contributed by atoms with Crippen molar-refractivity contribution in [2.45, 2.75) is 6.10 Å². The summed E-state index contributed by atoms with van der Waals surface area (Å²) in [6.07, 6.45) is 0.375. The van der Waals surface area contributed by atoms with Crippen LogP contribution < -0.4 is 5.32 Å². The van der Waals surface area contributed by atoms with Crippen LogP contribution in [0.15, 0.2) is 91.1 Å². The average Bonchev–Trinajstić information content (AvgIpc) is 2.80. The molecule has 0 radical (unpaired) electrons. The predicted molar refractivity (Wildman–Crippen MR) is 112 cm³/mol. The first-order valence-electron chi connectivity index (χ1n) is 9.34. The topological polar surface area (TPSA) is 75.1 Å². The van der Waals surface area contributed by atoms with Crippen LogP contribution in [-0.4, -0.2) is 21.0 Å². The highest BCUT2D eigenvalue weighted by Gasteiger charge is 2.21. The zero-order chi connectivity index (χ0) is 20.9. The van der Waals surface area contributed by atoms with Gasteiger partial charge in [-0.1, -0.05) is 48.5 Å². The van der Waals surface area contributed by atoms with E-state index in [9.17, 15) is 14.3 Å². The molecule has 0 aliphatic rings. The van der Waals surface area contributed by atoms with Crippen LogP contribution in [0.25, 0.3) is 11.3 Å². The van der Waals surface area contributed by atoms with Crippen molar-refractivity contribution in [3.05, 3.63) is 114 Å². The fourth-order valence-corrected chi connectivity index (χ4v) is 3.01. The normalized spacial score (nSPS) is 11.7. The number of aliphatic hydroxyl groups is 1. The van der Waals surface area contributed by atoms with Crippen LogP contribution >= 0.6 is 0 Å². The van der Waals surface area contributed by atoms with Gasteiger partial charge in [0, 0.05) is 11.1 Å². The quantitative estimate of drug-likeness (QED) is 0.514. The lowest BCUT2D eigenvalue weighted by Gasteiger charge is -2.16. The van der Waals surface area contributed by atoms with E-state index in [4.69, 9.17) is 0 Å². The van der Waals surface area contributed by atoms with Crippen LogP contribution in [0.3, 0.4) is 0 Å². The minimum absolute atomic E-state index is 0.158. The number of benzene rings is 3. The summed E-state index contributed by atoms with van der Waals surface area (Å²) in [5.41, 5.74) is 2.37. The van der Waals surface area contributed by atoms with Gasteiger partial charge in [-0.3, -0.25) is 4.79 Å². The highest BCUT2D eigenvalue weighted by molar-refractivity contribution is 6.04. The molecule has 1 unspecified atom stereocenters. The second-order valence-corrected chi connectivity index (χ2v) is 6.63. The Bertz CT molecular complexity index is 1150. The van der Waals surface area contributed by atoms with Crippen molar-refractivity contribution < 1.29 is 14.3 Å². The minimum atomic E-state index is -1.11. The lowest BCUT2D eigenvalue weighted by molar-refractivity contribution is 0.102. The molecule has 1 aromatic heterocycles. The molecule has 3 aromatic carbocycles. The van der Waals surface area contributed by atoms with Crippen molar-refractivity contribution in [3.8, 4) is 11.3 Å². The van der Waals surface area contributed by atoms with Gasteiger partial charge in [0.25, 0.3) is 5.91 Å². The van der Waals surface area contributed by atoms with E-state index in [0.717, 1.165) is 0 Å². The number of aliphatic hydroxyl groups excluding tert-OH is 1. The second-order valence-electron chi connectivity index (χ2n) is 6.63. The summed E-state index contributed by atoms with van der Waals surface area (Å²) in [5.74, 6) is -0.560. The third-order valence-electron chi connectivity index (χ3n) is 4.58. The first kappa shape index (κ1) is 19.4. The minimum Gasteiger partial charge on any atom is -0.382 e. The molecule has 4 aromatic rings. The monoisotopic (exact) mass is 399 g/mol. The lowest BCUT2D eigenvalue weighted by Crippen LogP contribution is -2.17. The van der Waals surface area contributed by atoms with E-state index < -0.39 is 6.10 Å². The Kier molecular flexibility index (Phi) is 5.59. The molecule has 0 aliphatic heterocycles. The highest BCUT2D eigenvalue weighted by atomic mass is 19.1. The number of carbonyl (C=O) groups excluding carboxylic acids is 1. The molecule has 1 amide bonds. The molecule has 0 saturated heterocycles. The van der Waals surface area contributed by atoms with E-state index >= 15 is 0 Å². The number of hydrogen-bond donors (Lipinski definition) is 2. The number of nitrogens with zero attached hydrogens (tertiary/aromatic N) is 2. The van der Waals surface area contributed by atoms with Crippen molar-refractivity contribution in [1.29, 1.82) is 0 Å². The van der Waals surface area contributed by atoms with Crippen LogP contribution in [0, 0.1) is 5.82 Å². The van der Waals surface area contributed by atoms with E-state index in [2.05, 4.69) is 15.3 Å². The smallest absolute Gasteiger partial charge is 0.256 e. The van der Waals surface area contributed by atoms with Gasteiger partial charge in [0.1, 0.15) is 17.6 Å². The van der Waals surface area contributed by atoms with Gasteiger partial charge in [0.05, 0.1) is 11.9 Å². The summed E-state index contributed by atoms with van der Waals surface area (Å²) >= 11 is 0. The van der Waals surface area contributed by atoms with Gasteiger partial charge in [-0.15, -0.1) is 0 Å². The molecule has 4 rings (SSSR count). The first-order chi connectivity index (χ1) is 14.6. The Morgan fingerprint density at radius 3 is 2.20 bits per heavy atom. The third kappa shape index (κ3) is 4.24. The average molecular weight is 399 g/mol. The molecule has 0 spiro atoms. The number of nitrogens with one attached hydrogen (secondary N) is 1. The Balaban J connectivity index is 1.74. The van der Waals surface area contributed by atoms with E-state index in [1.165, 1.54) is 18.3 Å². The maximum absolute atomic E-state index is 13.3. The van der Waals surface area contributed by atoms with E-state index in [0.29, 0.717) is 22.4 Å². The zero-order valence-corrected chi connectivity index (χ0v) is 15.9. The van der Waals surface area contributed by atoms with E-state index in [1.54, 1.807) is 60.7 Å². The summed E-state index contributed by atoms with van der Waals surface area (Å²) in [4.78, 5) is 21.5. The van der Waals surface area contributed by atoms with Crippen LogP contribution in [0.2, 0.25) is 0 Å². The molecule has 1 heterocycles. The van der Waals surface area contributed by atoms with E-state index in [1.807, 2.05) is 12.1 Å². The fourth-order valence-electron chi connectivity index (χ4n) is 3.01. The number of anilines is 1. The van der Waals surface area contributed by atoms with Gasteiger partial charge in [-0.2, -0.15) is 0 Å². The molecule has 0 saturated carbocycles. The SMILES string of the molecule is O=C(Nc1ncc(-c2ccc(F)cc2)nc1C(O)c1ccccc1)c1ccccc1. The number of carbonyl (C=O) groups is 1. The van der Waals surface area contributed by atoms with Crippen molar-refractivity contribution in [2.24, 2.45) is 0 Å². The molecular formula is C24H18FN3O2. The van der Waals surface area contributed by atoms with E-state index in [-0.39, 0.29) is 23.2 Å². The second kappa shape index (κ2) is 8.63. The largest absolute Gasteiger partial charge is 0.382 e. The summed E-state index contributed by atoms with van der Waals surface area (Å²) in [5, 5.41) is 13.7. The summed E-state index contributed by atoms with van der Waals surface area (Å²) < 4.78 is 13.3. The molecule has 1 atom stereocenters. The van der Waals surface area contributed by atoms with Crippen LogP contribution in [0.1, 0.15) is 27.7 Å². The van der Waals surface area contributed by atoms with Crippen LogP contribution in [0.5, 0.6) is 0 Å². The first-order valence-corrected chi connectivity index (χ1v) is 9.34. The number of rotatable bonds is 5. The summed E-state index contributed by atoms with van der Waals surface area (Å²) in [6.45, 7) is 0. The molecule has 0 bridgehead atoms. The molecule has 30 heavy (non-hydrogen) atoms. The van der Waals surface area contributed by atoms with Gasteiger partial charge in [0.15, 0.2) is 5.82 Å². The number of aromatic nitrogens is 2. The molecule has 0 aliphatic carbocycles. The summed E-state index contributed by atoms with van der Waals surface area (Å²) in [7, 11) is 0. The predicted octanol–water partition coefficient (Wildman–Crippen LogP) is 4.62. The van der Waals surface area contributed by atoms with Crippen molar-refractivity contribution >= 4 is 11.7 Å². The molecule has 0 fully saturated rings. The summed E-state index contributed by atoms with van der Waals surface area (Å²) in [6, 6.07) is 23.5. The van der Waals surface area contributed by atoms with Crippen molar-refractivity contribution in [2.75, 3.05) is 5.32 Å². The van der Waals surface area contributed by atoms with Crippen molar-refractivity contribution in [1.82, 2.24) is 9.97 Å². The van der Waals surface area contributed by atoms with Gasteiger partial charge >= 0.3 is 0 Å². The number of amides is 1. The lowest BCUT2D eigenvalue weighted by atomic mass is 10.1. The number of hydrogen-bond acceptors (Lipinski definition) is 4. The number of halogens is 1.